The summed E-state index contributed by atoms with van der Waals surface area (Å²) in [6, 6.07) is 6.53. The van der Waals surface area contributed by atoms with Crippen LogP contribution in [0.5, 0.6) is 0 Å². The number of ether oxygens (including phenoxy) is 1. The topological polar surface area (TPSA) is 63.7 Å². The van der Waals surface area contributed by atoms with Gasteiger partial charge in [0.1, 0.15) is 6.61 Å². The molecule has 0 saturated carbocycles. The minimum absolute atomic E-state index is 0.129. The van der Waals surface area contributed by atoms with Crippen molar-refractivity contribution in [1.29, 1.82) is 0 Å². The van der Waals surface area contributed by atoms with Crippen LogP contribution in [0.4, 0.5) is 4.79 Å². The van der Waals surface area contributed by atoms with Gasteiger partial charge in [0.05, 0.1) is 10.6 Å². The van der Waals surface area contributed by atoms with Gasteiger partial charge >= 0.3 is 6.09 Å². The fraction of sp³-hybridized carbons (Fsp3) is 0.562. The van der Waals surface area contributed by atoms with Crippen LogP contribution < -0.4 is 0 Å². The van der Waals surface area contributed by atoms with E-state index in [2.05, 4.69) is 0 Å². The Hall–Kier alpha value is -1.56. The standard InChI is InChI=1S/C16H25NO4S/c1-5-13(6-2)12-22(19,20)15-9-7-14(8-10-15)11-21-16(18)17(3)4/h7-10,13H,5-6,11-12H2,1-4H3. The van der Waals surface area contributed by atoms with Crippen LogP contribution in [0.2, 0.25) is 0 Å². The first-order valence-corrected chi connectivity index (χ1v) is 9.11. The van der Waals surface area contributed by atoms with Crippen molar-refractivity contribution >= 4 is 15.9 Å². The van der Waals surface area contributed by atoms with Crippen LogP contribution in [0.25, 0.3) is 0 Å². The van der Waals surface area contributed by atoms with E-state index >= 15 is 0 Å². The van der Waals surface area contributed by atoms with Crippen LogP contribution in [0, 0.1) is 5.92 Å². The van der Waals surface area contributed by atoms with Crippen molar-refractivity contribution in [3.8, 4) is 0 Å². The van der Waals surface area contributed by atoms with Crippen molar-refractivity contribution in [1.82, 2.24) is 4.90 Å². The third-order valence-corrected chi connectivity index (χ3v) is 5.52. The first-order chi connectivity index (χ1) is 10.3. The maximum absolute atomic E-state index is 12.3. The fourth-order valence-electron chi connectivity index (χ4n) is 2.00. The molecular weight excluding hydrogens is 302 g/mol. The molecule has 6 heteroatoms. The van der Waals surface area contributed by atoms with E-state index < -0.39 is 15.9 Å². The van der Waals surface area contributed by atoms with E-state index in [0.717, 1.165) is 18.4 Å². The molecule has 0 aliphatic rings. The summed E-state index contributed by atoms with van der Waals surface area (Å²) in [7, 11) is -0.0471. The highest BCUT2D eigenvalue weighted by Gasteiger charge is 2.19. The van der Waals surface area contributed by atoms with E-state index in [1.165, 1.54) is 4.90 Å². The summed E-state index contributed by atoms with van der Waals surface area (Å²) >= 11 is 0. The Bertz CT molecular complexity index is 575. The number of carbonyl (C=O) groups is 1. The molecular formula is C16H25NO4S. The molecule has 0 radical (unpaired) electrons. The first-order valence-electron chi connectivity index (χ1n) is 7.45. The molecule has 0 aliphatic carbocycles. The van der Waals surface area contributed by atoms with Crippen molar-refractivity contribution in [3.63, 3.8) is 0 Å². The smallest absolute Gasteiger partial charge is 0.409 e. The monoisotopic (exact) mass is 327 g/mol. The molecule has 0 spiro atoms. The van der Waals surface area contributed by atoms with Crippen LogP contribution in [0.1, 0.15) is 32.3 Å². The van der Waals surface area contributed by atoms with E-state index in [1.54, 1.807) is 38.4 Å². The van der Waals surface area contributed by atoms with Crippen molar-refractivity contribution in [2.24, 2.45) is 5.92 Å². The summed E-state index contributed by atoms with van der Waals surface area (Å²) in [6.45, 7) is 4.14. The number of hydrogen-bond acceptors (Lipinski definition) is 4. The third-order valence-electron chi connectivity index (χ3n) is 3.62. The van der Waals surface area contributed by atoms with Gasteiger partial charge < -0.3 is 9.64 Å². The number of rotatable bonds is 7. The van der Waals surface area contributed by atoms with Gasteiger partial charge in [-0.3, -0.25) is 0 Å². The normalized spacial score (nSPS) is 11.5. The number of nitrogens with zero attached hydrogens (tertiary/aromatic N) is 1. The predicted octanol–water partition coefficient (Wildman–Crippen LogP) is 3.09. The minimum atomic E-state index is -3.26. The largest absolute Gasteiger partial charge is 0.445 e. The van der Waals surface area contributed by atoms with E-state index in [-0.39, 0.29) is 18.3 Å². The lowest BCUT2D eigenvalue weighted by Gasteiger charge is -2.13. The maximum Gasteiger partial charge on any atom is 0.409 e. The van der Waals surface area contributed by atoms with Crippen LogP contribution in [-0.4, -0.2) is 39.3 Å². The van der Waals surface area contributed by atoms with Gasteiger partial charge in [-0.1, -0.05) is 38.8 Å². The highest BCUT2D eigenvalue weighted by molar-refractivity contribution is 7.91. The summed E-state index contributed by atoms with van der Waals surface area (Å²) < 4.78 is 29.7. The lowest BCUT2D eigenvalue weighted by atomic mass is 10.1. The molecule has 1 rings (SSSR count). The second-order valence-electron chi connectivity index (χ2n) is 5.56. The van der Waals surface area contributed by atoms with Crippen molar-refractivity contribution < 1.29 is 17.9 Å². The molecule has 1 aromatic rings. The summed E-state index contributed by atoms with van der Waals surface area (Å²) in [5.74, 6) is 0.361. The molecule has 0 unspecified atom stereocenters. The molecule has 0 atom stereocenters. The van der Waals surface area contributed by atoms with Gasteiger partial charge in [0.2, 0.25) is 0 Å². The zero-order valence-electron chi connectivity index (χ0n) is 13.7. The maximum atomic E-state index is 12.3. The molecule has 124 valence electrons. The molecule has 1 aromatic carbocycles. The van der Waals surface area contributed by atoms with E-state index in [0.29, 0.717) is 4.90 Å². The van der Waals surface area contributed by atoms with E-state index in [9.17, 15) is 13.2 Å². The minimum Gasteiger partial charge on any atom is -0.445 e. The van der Waals surface area contributed by atoms with Crippen LogP contribution in [0.15, 0.2) is 29.2 Å². The van der Waals surface area contributed by atoms with Crippen molar-refractivity contribution in [2.45, 2.75) is 38.2 Å². The predicted molar refractivity (Wildman–Crippen MR) is 86.4 cm³/mol. The number of amides is 1. The zero-order chi connectivity index (χ0) is 16.8. The molecule has 1 amide bonds. The number of carbonyl (C=O) groups excluding carboxylic acids is 1. The summed E-state index contributed by atoms with van der Waals surface area (Å²) in [6.07, 6.45) is 1.29. The average molecular weight is 327 g/mol. The molecule has 22 heavy (non-hydrogen) atoms. The Morgan fingerprint density at radius 2 is 1.68 bits per heavy atom. The number of benzene rings is 1. The summed E-state index contributed by atoms with van der Waals surface area (Å²) in [5.41, 5.74) is 0.761. The Morgan fingerprint density at radius 1 is 1.14 bits per heavy atom. The molecule has 0 heterocycles. The van der Waals surface area contributed by atoms with Gasteiger partial charge in [-0.25, -0.2) is 13.2 Å². The van der Waals surface area contributed by atoms with Crippen LogP contribution >= 0.6 is 0 Å². The third kappa shape index (κ3) is 5.33. The number of hydrogen-bond donors (Lipinski definition) is 0. The summed E-state index contributed by atoms with van der Waals surface area (Å²) in [4.78, 5) is 13.0. The Balaban J connectivity index is 2.73. The van der Waals surface area contributed by atoms with Gasteiger partial charge in [-0.15, -0.1) is 0 Å². The second kappa shape index (κ2) is 8.17. The van der Waals surface area contributed by atoms with E-state index in [1.807, 2.05) is 13.8 Å². The molecule has 0 N–H and O–H groups in total. The molecule has 5 nitrogen and oxygen atoms in total. The van der Waals surface area contributed by atoms with Crippen LogP contribution in [0.3, 0.4) is 0 Å². The molecule has 0 fully saturated rings. The average Bonchev–Trinajstić information content (AvgIpc) is 2.50. The zero-order valence-corrected chi connectivity index (χ0v) is 14.5. The molecule has 0 aromatic heterocycles. The molecule has 0 saturated heterocycles. The Kier molecular flexibility index (Phi) is 6.87. The Morgan fingerprint density at radius 3 is 2.14 bits per heavy atom. The van der Waals surface area contributed by atoms with Gasteiger partial charge in [0.25, 0.3) is 0 Å². The van der Waals surface area contributed by atoms with Gasteiger partial charge in [0, 0.05) is 14.1 Å². The van der Waals surface area contributed by atoms with E-state index in [4.69, 9.17) is 4.74 Å². The highest BCUT2D eigenvalue weighted by Crippen LogP contribution is 2.19. The van der Waals surface area contributed by atoms with Gasteiger partial charge in [-0.05, 0) is 23.6 Å². The SMILES string of the molecule is CCC(CC)CS(=O)(=O)c1ccc(COC(=O)N(C)C)cc1. The van der Waals surface area contributed by atoms with Crippen molar-refractivity contribution in [3.05, 3.63) is 29.8 Å². The van der Waals surface area contributed by atoms with Gasteiger partial charge in [0.15, 0.2) is 9.84 Å². The second-order valence-corrected chi connectivity index (χ2v) is 7.59. The first kappa shape index (κ1) is 18.5. The lowest BCUT2D eigenvalue weighted by molar-refractivity contribution is 0.112. The molecule has 0 aliphatic heterocycles. The van der Waals surface area contributed by atoms with Crippen LogP contribution in [-0.2, 0) is 21.2 Å². The summed E-state index contributed by atoms with van der Waals surface area (Å²) in [5, 5.41) is 0. The Labute approximate surface area is 133 Å². The van der Waals surface area contributed by atoms with Crippen molar-refractivity contribution in [2.75, 3.05) is 19.8 Å². The quantitative estimate of drug-likeness (QED) is 0.772. The van der Waals surface area contributed by atoms with Gasteiger partial charge in [-0.2, -0.15) is 0 Å². The molecule has 0 bridgehead atoms. The highest BCUT2D eigenvalue weighted by atomic mass is 32.2. The lowest BCUT2D eigenvalue weighted by Crippen LogP contribution is -2.22. The fourth-order valence-corrected chi connectivity index (χ4v) is 3.83. The number of sulfone groups is 1.